The molecule has 0 saturated carbocycles. The van der Waals surface area contributed by atoms with Gasteiger partial charge in [0.05, 0.1) is 5.75 Å². The summed E-state index contributed by atoms with van der Waals surface area (Å²) in [5.74, 6) is 0.769. The van der Waals surface area contributed by atoms with Crippen LogP contribution in [0.4, 0.5) is 4.39 Å². The van der Waals surface area contributed by atoms with Crippen LogP contribution in [-0.4, -0.2) is 11.7 Å². The van der Waals surface area contributed by atoms with E-state index in [1.54, 1.807) is 18.2 Å². The van der Waals surface area contributed by atoms with Crippen molar-refractivity contribution in [1.82, 2.24) is 5.32 Å². The van der Waals surface area contributed by atoms with E-state index in [2.05, 4.69) is 21.2 Å². The lowest BCUT2D eigenvalue weighted by molar-refractivity contribution is -0.118. The molecule has 5 heteroatoms. The molecule has 0 aliphatic rings. The number of carbonyl (C=O) groups excluding carboxylic acids is 1. The van der Waals surface area contributed by atoms with Gasteiger partial charge in [0.1, 0.15) is 5.82 Å². The van der Waals surface area contributed by atoms with E-state index in [1.807, 2.05) is 24.3 Å². The maximum absolute atomic E-state index is 13.4. The molecule has 21 heavy (non-hydrogen) atoms. The molecular weight excluding hydrogens is 353 g/mol. The molecule has 1 amide bonds. The minimum atomic E-state index is -0.291. The third kappa shape index (κ3) is 5.52. The zero-order valence-corrected chi connectivity index (χ0v) is 13.7. The van der Waals surface area contributed by atoms with Crippen molar-refractivity contribution in [2.45, 2.75) is 12.3 Å². The molecule has 2 rings (SSSR count). The molecule has 0 aliphatic heterocycles. The lowest BCUT2D eigenvalue weighted by Crippen LogP contribution is -2.25. The van der Waals surface area contributed by atoms with Crippen LogP contribution in [0.5, 0.6) is 0 Å². The van der Waals surface area contributed by atoms with E-state index in [0.717, 1.165) is 10.2 Å². The first-order valence-electron chi connectivity index (χ1n) is 6.47. The fraction of sp³-hybridized carbons (Fsp3) is 0.188. The number of amides is 1. The van der Waals surface area contributed by atoms with Gasteiger partial charge in [-0.15, -0.1) is 11.8 Å². The Hall–Kier alpha value is -1.33. The van der Waals surface area contributed by atoms with E-state index in [0.29, 0.717) is 11.3 Å². The SMILES string of the molecule is O=C(CSCc1ccc(Br)cc1)NCc1ccccc1F. The van der Waals surface area contributed by atoms with E-state index in [4.69, 9.17) is 0 Å². The largest absolute Gasteiger partial charge is 0.351 e. The van der Waals surface area contributed by atoms with Crippen LogP contribution in [0.1, 0.15) is 11.1 Å². The number of thioether (sulfide) groups is 1. The molecular formula is C16H15BrFNOS. The number of rotatable bonds is 6. The minimum absolute atomic E-state index is 0.0830. The highest BCUT2D eigenvalue weighted by molar-refractivity contribution is 9.10. The summed E-state index contributed by atoms with van der Waals surface area (Å²) in [7, 11) is 0. The average Bonchev–Trinajstić information content (AvgIpc) is 2.48. The lowest BCUT2D eigenvalue weighted by atomic mass is 10.2. The fourth-order valence-electron chi connectivity index (χ4n) is 1.73. The Morgan fingerprint density at radius 2 is 1.86 bits per heavy atom. The normalized spacial score (nSPS) is 10.4. The van der Waals surface area contributed by atoms with Crippen LogP contribution in [0.3, 0.4) is 0 Å². The predicted molar refractivity (Wildman–Crippen MR) is 88.6 cm³/mol. The Labute approximate surface area is 136 Å². The topological polar surface area (TPSA) is 29.1 Å². The summed E-state index contributed by atoms with van der Waals surface area (Å²) in [6.45, 7) is 0.227. The molecule has 0 bridgehead atoms. The van der Waals surface area contributed by atoms with Gasteiger partial charge in [-0.05, 0) is 23.8 Å². The van der Waals surface area contributed by atoms with Gasteiger partial charge in [0, 0.05) is 22.3 Å². The van der Waals surface area contributed by atoms with E-state index in [1.165, 1.54) is 23.4 Å². The monoisotopic (exact) mass is 367 g/mol. The van der Waals surface area contributed by atoms with Crippen molar-refractivity contribution in [3.05, 3.63) is 69.9 Å². The number of carbonyl (C=O) groups is 1. The number of halogens is 2. The van der Waals surface area contributed by atoms with Gasteiger partial charge >= 0.3 is 0 Å². The number of hydrogen-bond donors (Lipinski definition) is 1. The van der Waals surface area contributed by atoms with Crippen molar-refractivity contribution in [2.24, 2.45) is 0 Å². The Balaban J connectivity index is 1.70. The van der Waals surface area contributed by atoms with Gasteiger partial charge in [-0.1, -0.05) is 46.3 Å². The van der Waals surface area contributed by atoms with Crippen molar-refractivity contribution < 1.29 is 9.18 Å². The van der Waals surface area contributed by atoms with Crippen LogP contribution < -0.4 is 5.32 Å². The Morgan fingerprint density at radius 1 is 1.14 bits per heavy atom. The molecule has 0 aliphatic carbocycles. The molecule has 2 nitrogen and oxygen atoms in total. The molecule has 1 N–H and O–H groups in total. The van der Waals surface area contributed by atoms with Gasteiger partial charge in [-0.3, -0.25) is 4.79 Å². The van der Waals surface area contributed by atoms with Gasteiger partial charge < -0.3 is 5.32 Å². The maximum Gasteiger partial charge on any atom is 0.230 e. The molecule has 0 aromatic heterocycles. The molecule has 0 radical (unpaired) electrons. The van der Waals surface area contributed by atoms with Gasteiger partial charge in [-0.2, -0.15) is 0 Å². The summed E-state index contributed by atoms with van der Waals surface area (Å²) in [6, 6.07) is 14.5. The van der Waals surface area contributed by atoms with Crippen molar-refractivity contribution in [3.8, 4) is 0 Å². The summed E-state index contributed by atoms with van der Waals surface area (Å²) in [5, 5.41) is 2.73. The predicted octanol–water partition coefficient (Wildman–Crippen LogP) is 4.14. The first-order chi connectivity index (χ1) is 10.1. The molecule has 0 fully saturated rings. The molecule has 0 unspecified atom stereocenters. The van der Waals surface area contributed by atoms with E-state index in [-0.39, 0.29) is 18.3 Å². The summed E-state index contributed by atoms with van der Waals surface area (Å²) < 4.78 is 14.4. The lowest BCUT2D eigenvalue weighted by Gasteiger charge is -2.06. The number of benzene rings is 2. The Kier molecular flexibility index (Phi) is 6.26. The quantitative estimate of drug-likeness (QED) is 0.831. The summed E-state index contributed by atoms with van der Waals surface area (Å²) in [5.41, 5.74) is 1.67. The van der Waals surface area contributed by atoms with Crippen molar-refractivity contribution in [2.75, 3.05) is 5.75 Å². The molecule has 0 spiro atoms. The third-order valence-electron chi connectivity index (χ3n) is 2.85. The first-order valence-corrected chi connectivity index (χ1v) is 8.42. The Bertz CT molecular complexity index is 603. The zero-order valence-electron chi connectivity index (χ0n) is 11.3. The van der Waals surface area contributed by atoms with Crippen molar-refractivity contribution >= 4 is 33.6 Å². The van der Waals surface area contributed by atoms with Crippen molar-refractivity contribution in [1.29, 1.82) is 0 Å². The molecule has 0 atom stereocenters. The third-order valence-corrected chi connectivity index (χ3v) is 4.38. The Morgan fingerprint density at radius 3 is 2.57 bits per heavy atom. The zero-order chi connectivity index (χ0) is 15.1. The maximum atomic E-state index is 13.4. The average molecular weight is 368 g/mol. The van der Waals surface area contributed by atoms with Crippen LogP contribution >= 0.6 is 27.7 Å². The summed E-state index contributed by atoms with van der Waals surface area (Å²) in [6.07, 6.45) is 0. The van der Waals surface area contributed by atoms with E-state index >= 15 is 0 Å². The minimum Gasteiger partial charge on any atom is -0.351 e. The highest BCUT2D eigenvalue weighted by Crippen LogP contribution is 2.15. The molecule has 0 saturated heterocycles. The molecule has 110 valence electrons. The van der Waals surface area contributed by atoms with Crippen molar-refractivity contribution in [3.63, 3.8) is 0 Å². The van der Waals surface area contributed by atoms with Crippen LogP contribution in [0.25, 0.3) is 0 Å². The second-order valence-electron chi connectivity index (χ2n) is 4.49. The highest BCUT2D eigenvalue weighted by Gasteiger charge is 2.05. The number of nitrogens with one attached hydrogen (secondary N) is 1. The highest BCUT2D eigenvalue weighted by atomic mass is 79.9. The van der Waals surface area contributed by atoms with Crippen LogP contribution in [0.15, 0.2) is 53.0 Å². The summed E-state index contributed by atoms with van der Waals surface area (Å²) in [4.78, 5) is 11.7. The molecule has 2 aromatic rings. The standard InChI is InChI=1S/C16H15BrFNOS/c17-14-7-5-12(6-8-14)10-21-11-16(20)19-9-13-3-1-2-4-15(13)18/h1-8H,9-11H2,(H,19,20). The second-order valence-corrected chi connectivity index (χ2v) is 6.39. The van der Waals surface area contributed by atoms with Gasteiger partial charge in [-0.25, -0.2) is 4.39 Å². The van der Waals surface area contributed by atoms with E-state index in [9.17, 15) is 9.18 Å². The smallest absolute Gasteiger partial charge is 0.230 e. The first kappa shape index (κ1) is 16.0. The fourth-order valence-corrected chi connectivity index (χ4v) is 2.81. The van der Waals surface area contributed by atoms with E-state index < -0.39 is 0 Å². The second kappa shape index (κ2) is 8.20. The van der Waals surface area contributed by atoms with Gasteiger partial charge in [0.25, 0.3) is 0 Å². The van der Waals surface area contributed by atoms with Crippen LogP contribution in [-0.2, 0) is 17.1 Å². The van der Waals surface area contributed by atoms with Gasteiger partial charge in [0.2, 0.25) is 5.91 Å². The molecule has 0 heterocycles. The van der Waals surface area contributed by atoms with Crippen LogP contribution in [0.2, 0.25) is 0 Å². The molecule has 2 aromatic carbocycles. The number of hydrogen-bond acceptors (Lipinski definition) is 2. The summed E-state index contributed by atoms with van der Waals surface area (Å²) >= 11 is 4.92. The van der Waals surface area contributed by atoms with Gasteiger partial charge in [0.15, 0.2) is 0 Å². The van der Waals surface area contributed by atoms with Crippen LogP contribution in [0, 0.1) is 5.82 Å².